The van der Waals surface area contributed by atoms with Crippen LogP contribution in [-0.2, 0) is 34.2 Å². The molecule has 3 atom stereocenters. The first-order valence-electron chi connectivity index (χ1n) is 17.5. The van der Waals surface area contributed by atoms with E-state index >= 15 is 0 Å². The molecular formula is C40H41N5O6S2. The molecule has 2 fully saturated rings. The number of hydrogen-bond donors (Lipinski definition) is 2. The van der Waals surface area contributed by atoms with Crippen molar-refractivity contribution in [2.45, 2.75) is 62.3 Å². The lowest BCUT2D eigenvalue weighted by molar-refractivity contribution is -0.159. The summed E-state index contributed by atoms with van der Waals surface area (Å²) in [6.07, 6.45) is 1.38. The number of hydrogen-bond acceptors (Lipinski definition) is 11. The first-order chi connectivity index (χ1) is 25.6. The quantitative estimate of drug-likeness (QED) is 0.0617. The summed E-state index contributed by atoms with van der Waals surface area (Å²) >= 11 is 2.80. The topological polar surface area (TPSA) is 131 Å². The number of ether oxygens (including phenoxy) is 2. The largest absolute Gasteiger partial charge is 0.455 e. The van der Waals surface area contributed by atoms with Crippen molar-refractivity contribution >= 4 is 51.7 Å². The third-order valence-corrected chi connectivity index (χ3v) is 11.3. The van der Waals surface area contributed by atoms with E-state index in [1.165, 1.54) is 35.1 Å². The molecule has 0 aliphatic carbocycles. The Morgan fingerprint density at radius 3 is 2.08 bits per heavy atom. The van der Waals surface area contributed by atoms with Gasteiger partial charge in [-0.3, -0.25) is 14.5 Å². The van der Waals surface area contributed by atoms with E-state index in [1.54, 1.807) is 26.2 Å². The van der Waals surface area contributed by atoms with Crippen molar-refractivity contribution in [1.29, 1.82) is 0 Å². The van der Waals surface area contributed by atoms with E-state index in [9.17, 15) is 14.4 Å². The van der Waals surface area contributed by atoms with E-state index < -0.39 is 40.3 Å². The van der Waals surface area contributed by atoms with Crippen molar-refractivity contribution in [3.05, 3.63) is 130 Å². The number of oxime groups is 1. The monoisotopic (exact) mass is 751 g/mol. The fourth-order valence-corrected chi connectivity index (χ4v) is 9.10. The fraction of sp³-hybridized carbons (Fsp3) is 0.325. The standard InChI is InChI=1S/C40H41N5O6S2/c1-39(2,3)51-37(48)33-28(30-21-14-22-50-30)23-52-36-32(35(47)45(33)36)42-34(46)31(44-49-4)29-24-53-38(41-29)43-40(25-15-8-5-9-16-25,26-17-10-6-11-18-26)27-19-12-7-13-20-27/h5-13,15-20,24,30,32,36H,14,21-23H2,1-4H3,(H,41,43)(H,42,46)/b44-31+/t30?,32-,36-/m1/s1. The zero-order valence-electron chi connectivity index (χ0n) is 29.9. The zero-order valence-corrected chi connectivity index (χ0v) is 31.5. The van der Waals surface area contributed by atoms with Crippen LogP contribution in [0.2, 0.25) is 0 Å². The molecule has 0 spiro atoms. The average Bonchev–Trinajstić information content (AvgIpc) is 3.88. The molecule has 0 bridgehead atoms. The molecule has 4 heterocycles. The van der Waals surface area contributed by atoms with Gasteiger partial charge in [0.15, 0.2) is 10.8 Å². The second-order valence-electron chi connectivity index (χ2n) is 13.9. The lowest BCUT2D eigenvalue weighted by Gasteiger charge is -2.50. The number of aromatic nitrogens is 1. The number of rotatable bonds is 11. The third-order valence-electron chi connectivity index (χ3n) is 9.25. The number of anilines is 1. The second kappa shape index (κ2) is 15.2. The predicted molar refractivity (Wildman–Crippen MR) is 205 cm³/mol. The lowest BCUT2D eigenvalue weighted by Crippen LogP contribution is -2.71. The van der Waals surface area contributed by atoms with Crippen LogP contribution in [-0.4, -0.2) is 76.0 Å². The van der Waals surface area contributed by atoms with Crippen molar-refractivity contribution < 1.29 is 28.7 Å². The van der Waals surface area contributed by atoms with E-state index in [2.05, 4.69) is 52.2 Å². The molecule has 13 heteroatoms. The maximum atomic E-state index is 13.9. The van der Waals surface area contributed by atoms with Crippen LogP contribution >= 0.6 is 23.1 Å². The number of thioether (sulfide) groups is 1. The average molecular weight is 752 g/mol. The minimum Gasteiger partial charge on any atom is -0.455 e. The number of fused-ring (bicyclic) bond motifs is 1. The summed E-state index contributed by atoms with van der Waals surface area (Å²) in [5.74, 6) is -1.15. The Hall–Kier alpha value is -4.98. The van der Waals surface area contributed by atoms with Crippen LogP contribution < -0.4 is 10.6 Å². The molecule has 4 aromatic rings. The maximum absolute atomic E-state index is 13.9. The highest BCUT2D eigenvalue weighted by atomic mass is 32.2. The fourth-order valence-electron chi connectivity index (χ4n) is 6.94. The molecule has 3 aliphatic heterocycles. The normalized spacial score (nSPS) is 20.4. The highest BCUT2D eigenvalue weighted by Crippen LogP contribution is 2.44. The minimum absolute atomic E-state index is 0.0865. The van der Waals surface area contributed by atoms with Gasteiger partial charge < -0.3 is 24.9 Å². The summed E-state index contributed by atoms with van der Waals surface area (Å²) in [7, 11) is 1.35. The van der Waals surface area contributed by atoms with Gasteiger partial charge in [-0.1, -0.05) is 96.2 Å². The molecule has 2 saturated heterocycles. The van der Waals surface area contributed by atoms with Crippen LogP contribution in [0.1, 0.15) is 56.0 Å². The van der Waals surface area contributed by atoms with Crippen molar-refractivity contribution in [3.63, 3.8) is 0 Å². The molecule has 3 aliphatic rings. The summed E-state index contributed by atoms with van der Waals surface area (Å²) in [5.41, 5.74) is 2.55. The first-order valence-corrected chi connectivity index (χ1v) is 19.4. The predicted octanol–water partition coefficient (Wildman–Crippen LogP) is 6.07. The van der Waals surface area contributed by atoms with E-state index in [4.69, 9.17) is 19.3 Å². The number of carbonyl (C=O) groups is 3. The van der Waals surface area contributed by atoms with Crippen LogP contribution in [0.4, 0.5) is 5.13 Å². The number of thiazole rings is 1. The van der Waals surface area contributed by atoms with E-state index in [-0.39, 0.29) is 23.2 Å². The smallest absolute Gasteiger partial charge is 0.355 e. The Balaban J connectivity index is 1.15. The number of nitrogens with zero attached hydrogens (tertiary/aromatic N) is 3. The van der Waals surface area contributed by atoms with Gasteiger partial charge in [0.25, 0.3) is 11.8 Å². The van der Waals surface area contributed by atoms with Gasteiger partial charge >= 0.3 is 5.97 Å². The summed E-state index contributed by atoms with van der Waals surface area (Å²) in [6, 6.07) is 29.5. The number of benzene rings is 3. The Morgan fingerprint density at radius 2 is 1.55 bits per heavy atom. The zero-order chi connectivity index (χ0) is 37.2. The maximum Gasteiger partial charge on any atom is 0.355 e. The van der Waals surface area contributed by atoms with Gasteiger partial charge in [-0.05, 0) is 55.9 Å². The molecule has 1 unspecified atom stereocenters. The van der Waals surface area contributed by atoms with Crippen LogP contribution in [0.15, 0.2) is 113 Å². The van der Waals surface area contributed by atoms with Gasteiger partial charge in [0, 0.05) is 17.7 Å². The second-order valence-corrected chi connectivity index (χ2v) is 15.8. The van der Waals surface area contributed by atoms with Crippen molar-refractivity contribution in [2.24, 2.45) is 5.16 Å². The number of amides is 2. The van der Waals surface area contributed by atoms with Crippen molar-refractivity contribution in [1.82, 2.24) is 15.2 Å². The van der Waals surface area contributed by atoms with Gasteiger partial charge in [-0.2, -0.15) is 0 Å². The van der Waals surface area contributed by atoms with Gasteiger partial charge in [-0.25, -0.2) is 9.78 Å². The minimum atomic E-state index is -0.906. The summed E-state index contributed by atoms with van der Waals surface area (Å²) in [5, 5.41) is 12.4. The summed E-state index contributed by atoms with van der Waals surface area (Å²) in [6.45, 7) is 5.95. The van der Waals surface area contributed by atoms with Crippen LogP contribution in [0.5, 0.6) is 0 Å². The van der Waals surface area contributed by atoms with Crippen molar-refractivity contribution in [2.75, 3.05) is 24.8 Å². The van der Waals surface area contributed by atoms with Crippen LogP contribution in [0.25, 0.3) is 0 Å². The third kappa shape index (κ3) is 7.20. The summed E-state index contributed by atoms with van der Waals surface area (Å²) < 4.78 is 11.7. The van der Waals surface area contributed by atoms with E-state index in [1.807, 2.05) is 54.6 Å². The number of esters is 1. The Labute approximate surface area is 316 Å². The highest BCUT2D eigenvalue weighted by molar-refractivity contribution is 8.00. The molecular weight excluding hydrogens is 711 g/mol. The molecule has 0 saturated carbocycles. The molecule has 7 rings (SSSR count). The SMILES string of the molecule is CO/N=C(/C(=O)N[C@@H]1C(=O)N2C(C(=O)OC(C)(C)C)=C(C3CCCO3)CS[C@H]12)c1csc(NC(c2ccccc2)(c2ccccc2)c2ccccc2)n1. The van der Waals surface area contributed by atoms with Gasteiger partial charge in [0.2, 0.25) is 0 Å². The molecule has 0 radical (unpaired) electrons. The number of nitrogens with one attached hydrogen (secondary N) is 2. The number of β-lactam (4-membered cyclic amide) rings is 1. The first kappa shape index (κ1) is 36.4. The molecule has 3 aromatic carbocycles. The molecule has 274 valence electrons. The Morgan fingerprint density at radius 1 is 0.943 bits per heavy atom. The Bertz CT molecular complexity index is 1930. The van der Waals surface area contributed by atoms with E-state index in [0.29, 0.717) is 17.5 Å². The van der Waals surface area contributed by atoms with Gasteiger partial charge in [0.05, 0.1) is 6.10 Å². The van der Waals surface area contributed by atoms with Crippen LogP contribution in [0, 0.1) is 0 Å². The van der Waals surface area contributed by atoms with E-state index in [0.717, 1.165) is 35.1 Å². The summed E-state index contributed by atoms with van der Waals surface area (Å²) in [4.78, 5) is 52.6. The molecule has 2 N–H and O–H groups in total. The molecule has 2 amide bonds. The molecule has 1 aromatic heterocycles. The Kier molecular flexibility index (Phi) is 10.4. The van der Waals surface area contributed by atoms with Gasteiger partial charge in [0.1, 0.15) is 41.1 Å². The highest BCUT2D eigenvalue weighted by Gasteiger charge is 2.56. The van der Waals surface area contributed by atoms with Crippen LogP contribution in [0.3, 0.4) is 0 Å². The lowest BCUT2D eigenvalue weighted by atomic mass is 9.77. The van der Waals surface area contributed by atoms with Crippen molar-refractivity contribution in [3.8, 4) is 0 Å². The molecule has 11 nitrogen and oxygen atoms in total. The number of carbonyl (C=O) groups excluding carboxylic acids is 3. The molecule has 53 heavy (non-hydrogen) atoms. The van der Waals surface area contributed by atoms with Gasteiger partial charge in [-0.15, -0.1) is 23.1 Å².